The summed E-state index contributed by atoms with van der Waals surface area (Å²) in [6, 6.07) is 3.84. The van der Waals surface area contributed by atoms with Gasteiger partial charge in [0.15, 0.2) is 0 Å². The SMILES string of the molecule is COc1c(C)cc(Cl)cc1CCS. The number of rotatable bonds is 3. The van der Waals surface area contributed by atoms with E-state index >= 15 is 0 Å². The molecule has 0 aliphatic rings. The van der Waals surface area contributed by atoms with E-state index in [1.807, 2.05) is 19.1 Å². The average molecular weight is 217 g/mol. The van der Waals surface area contributed by atoms with Crippen molar-refractivity contribution in [3.05, 3.63) is 28.3 Å². The van der Waals surface area contributed by atoms with Crippen LogP contribution in [0.1, 0.15) is 11.1 Å². The Labute approximate surface area is 89.5 Å². The highest BCUT2D eigenvalue weighted by Gasteiger charge is 2.06. The minimum Gasteiger partial charge on any atom is -0.496 e. The van der Waals surface area contributed by atoms with Crippen LogP contribution in [0.15, 0.2) is 12.1 Å². The Bertz CT molecular complexity index is 299. The summed E-state index contributed by atoms with van der Waals surface area (Å²) < 4.78 is 5.29. The average Bonchev–Trinajstić information content (AvgIpc) is 2.04. The summed E-state index contributed by atoms with van der Waals surface area (Å²) in [5.74, 6) is 1.73. The molecule has 0 fully saturated rings. The second-order valence-electron chi connectivity index (χ2n) is 2.89. The zero-order valence-corrected chi connectivity index (χ0v) is 9.45. The first kappa shape index (κ1) is 10.7. The molecule has 1 aromatic rings. The molecule has 72 valence electrons. The number of thiol groups is 1. The number of hydrogen-bond donors (Lipinski definition) is 1. The third-order valence-corrected chi connectivity index (χ3v) is 2.34. The van der Waals surface area contributed by atoms with Gasteiger partial charge in [-0.25, -0.2) is 0 Å². The molecule has 0 saturated carbocycles. The second kappa shape index (κ2) is 4.77. The fourth-order valence-corrected chi connectivity index (χ4v) is 1.93. The van der Waals surface area contributed by atoms with Crippen LogP contribution >= 0.6 is 24.2 Å². The van der Waals surface area contributed by atoms with E-state index in [0.717, 1.165) is 34.1 Å². The maximum atomic E-state index is 5.93. The highest BCUT2D eigenvalue weighted by atomic mass is 35.5. The van der Waals surface area contributed by atoms with Gasteiger partial charge in [-0.1, -0.05) is 11.6 Å². The Kier molecular flexibility index (Phi) is 3.94. The Hall–Kier alpha value is -0.340. The number of methoxy groups -OCH3 is 1. The zero-order valence-electron chi connectivity index (χ0n) is 7.80. The van der Waals surface area contributed by atoms with E-state index in [9.17, 15) is 0 Å². The number of hydrogen-bond acceptors (Lipinski definition) is 2. The lowest BCUT2D eigenvalue weighted by atomic mass is 10.1. The monoisotopic (exact) mass is 216 g/mol. The topological polar surface area (TPSA) is 9.23 Å². The maximum Gasteiger partial charge on any atom is 0.125 e. The largest absolute Gasteiger partial charge is 0.496 e. The Morgan fingerprint density at radius 3 is 2.69 bits per heavy atom. The van der Waals surface area contributed by atoms with Crippen LogP contribution in [0.2, 0.25) is 5.02 Å². The van der Waals surface area contributed by atoms with E-state index in [0.29, 0.717) is 0 Å². The van der Waals surface area contributed by atoms with Gasteiger partial charge in [0.2, 0.25) is 0 Å². The van der Waals surface area contributed by atoms with Crippen LogP contribution in [0.5, 0.6) is 5.75 Å². The third kappa shape index (κ3) is 2.55. The van der Waals surface area contributed by atoms with Gasteiger partial charge in [0.1, 0.15) is 5.75 Å². The molecule has 1 nitrogen and oxygen atoms in total. The van der Waals surface area contributed by atoms with Crippen LogP contribution in [0.3, 0.4) is 0 Å². The molecule has 0 radical (unpaired) electrons. The van der Waals surface area contributed by atoms with E-state index in [2.05, 4.69) is 12.6 Å². The molecular formula is C10H13ClOS. The van der Waals surface area contributed by atoms with Crippen molar-refractivity contribution in [1.29, 1.82) is 0 Å². The summed E-state index contributed by atoms with van der Waals surface area (Å²) >= 11 is 10.1. The molecule has 0 N–H and O–H groups in total. The van der Waals surface area contributed by atoms with Crippen molar-refractivity contribution in [2.75, 3.05) is 12.9 Å². The van der Waals surface area contributed by atoms with Crippen molar-refractivity contribution in [2.45, 2.75) is 13.3 Å². The fraction of sp³-hybridized carbons (Fsp3) is 0.400. The maximum absolute atomic E-state index is 5.93. The summed E-state index contributed by atoms with van der Waals surface area (Å²) in [5, 5.41) is 0.759. The van der Waals surface area contributed by atoms with Gasteiger partial charge in [-0.3, -0.25) is 0 Å². The van der Waals surface area contributed by atoms with Gasteiger partial charge in [-0.15, -0.1) is 0 Å². The summed E-state index contributed by atoms with van der Waals surface area (Å²) in [4.78, 5) is 0. The molecule has 0 aliphatic carbocycles. The highest BCUT2D eigenvalue weighted by Crippen LogP contribution is 2.27. The standard InChI is InChI=1S/C10H13ClOS/c1-7-5-9(11)6-8(3-4-13)10(7)12-2/h5-6,13H,3-4H2,1-2H3. The van der Waals surface area contributed by atoms with Crippen molar-refractivity contribution >= 4 is 24.2 Å². The minimum absolute atomic E-state index is 0.759. The van der Waals surface area contributed by atoms with Gasteiger partial charge in [-0.2, -0.15) is 12.6 Å². The van der Waals surface area contributed by atoms with Crippen LogP contribution in [0.4, 0.5) is 0 Å². The Morgan fingerprint density at radius 1 is 1.46 bits per heavy atom. The fourth-order valence-electron chi connectivity index (χ4n) is 1.40. The predicted molar refractivity (Wildman–Crippen MR) is 60.3 cm³/mol. The van der Waals surface area contributed by atoms with Crippen molar-refractivity contribution < 1.29 is 4.74 Å². The van der Waals surface area contributed by atoms with Gasteiger partial charge in [0.25, 0.3) is 0 Å². The molecule has 0 aromatic heterocycles. The van der Waals surface area contributed by atoms with Crippen LogP contribution in [-0.4, -0.2) is 12.9 Å². The molecule has 0 atom stereocenters. The summed E-state index contributed by atoms with van der Waals surface area (Å²) in [7, 11) is 1.68. The smallest absolute Gasteiger partial charge is 0.125 e. The quantitative estimate of drug-likeness (QED) is 0.764. The van der Waals surface area contributed by atoms with Gasteiger partial charge in [-0.05, 0) is 42.4 Å². The molecule has 0 saturated heterocycles. The van der Waals surface area contributed by atoms with Crippen molar-refractivity contribution in [2.24, 2.45) is 0 Å². The van der Waals surface area contributed by atoms with Crippen molar-refractivity contribution in [3.63, 3.8) is 0 Å². The van der Waals surface area contributed by atoms with Crippen LogP contribution in [0.25, 0.3) is 0 Å². The number of ether oxygens (including phenoxy) is 1. The number of aryl methyl sites for hydroxylation is 2. The van der Waals surface area contributed by atoms with Crippen molar-refractivity contribution in [1.82, 2.24) is 0 Å². The summed E-state index contributed by atoms with van der Waals surface area (Å²) in [6.07, 6.45) is 0.883. The zero-order chi connectivity index (χ0) is 9.84. The molecule has 1 rings (SSSR count). The third-order valence-electron chi connectivity index (χ3n) is 1.90. The second-order valence-corrected chi connectivity index (χ2v) is 3.77. The van der Waals surface area contributed by atoms with Crippen LogP contribution < -0.4 is 4.74 Å². The molecule has 0 spiro atoms. The summed E-state index contributed by atoms with van der Waals surface area (Å²) in [6.45, 7) is 1.99. The molecule has 0 heterocycles. The van der Waals surface area contributed by atoms with E-state index in [-0.39, 0.29) is 0 Å². The summed E-state index contributed by atoms with van der Waals surface area (Å²) in [5.41, 5.74) is 2.20. The molecule has 1 aromatic carbocycles. The normalized spacial score (nSPS) is 10.2. The van der Waals surface area contributed by atoms with Gasteiger partial charge < -0.3 is 4.74 Å². The molecule has 0 aliphatic heterocycles. The van der Waals surface area contributed by atoms with Crippen molar-refractivity contribution in [3.8, 4) is 5.75 Å². The van der Waals surface area contributed by atoms with E-state index in [4.69, 9.17) is 16.3 Å². The molecule has 3 heteroatoms. The minimum atomic E-state index is 0.759. The van der Waals surface area contributed by atoms with E-state index in [1.165, 1.54) is 0 Å². The lowest BCUT2D eigenvalue weighted by molar-refractivity contribution is 0.407. The molecule has 0 amide bonds. The van der Waals surface area contributed by atoms with Gasteiger partial charge >= 0.3 is 0 Å². The Morgan fingerprint density at radius 2 is 2.15 bits per heavy atom. The first-order chi connectivity index (χ1) is 6.19. The molecule has 13 heavy (non-hydrogen) atoms. The predicted octanol–water partition coefficient (Wildman–Crippen LogP) is 3.13. The lowest BCUT2D eigenvalue weighted by Crippen LogP contribution is -1.96. The molecule has 0 bridgehead atoms. The number of halogens is 1. The Balaban J connectivity index is 3.13. The first-order valence-electron chi connectivity index (χ1n) is 4.13. The van der Waals surface area contributed by atoms with Crippen LogP contribution in [0, 0.1) is 6.92 Å². The van der Waals surface area contributed by atoms with Gasteiger partial charge in [0.05, 0.1) is 7.11 Å². The molecular weight excluding hydrogens is 204 g/mol. The van der Waals surface area contributed by atoms with Crippen LogP contribution in [-0.2, 0) is 6.42 Å². The van der Waals surface area contributed by atoms with E-state index < -0.39 is 0 Å². The van der Waals surface area contributed by atoms with Gasteiger partial charge in [0, 0.05) is 5.02 Å². The first-order valence-corrected chi connectivity index (χ1v) is 5.14. The number of benzene rings is 1. The highest BCUT2D eigenvalue weighted by molar-refractivity contribution is 7.80. The molecule has 0 unspecified atom stereocenters. The van der Waals surface area contributed by atoms with E-state index in [1.54, 1.807) is 7.11 Å². The lowest BCUT2D eigenvalue weighted by Gasteiger charge is -2.10.